The molecule has 18 heavy (non-hydrogen) atoms. The van der Waals surface area contributed by atoms with Crippen LogP contribution in [0.1, 0.15) is 38.8 Å². The van der Waals surface area contributed by atoms with E-state index in [0.717, 1.165) is 16.7 Å². The molecule has 94 valence electrons. The van der Waals surface area contributed by atoms with Gasteiger partial charge in [0, 0.05) is 0 Å². The van der Waals surface area contributed by atoms with Crippen LogP contribution < -0.4 is 0 Å². The van der Waals surface area contributed by atoms with Gasteiger partial charge in [0.2, 0.25) is 0 Å². The Hall–Kier alpha value is -1.82. The van der Waals surface area contributed by atoms with E-state index in [4.69, 9.17) is 0 Å². The number of benzene rings is 1. The summed E-state index contributed by atoms with van der Waals surface area (Å²) in [7, 11) is 0. The van der Waals surface area contributed by atoms with Gasteiger partial charge in [-0.2, -0.15) is 0 Å². The second kappa shape index (κ2) is 6.20. The number of hydrogen-bond acceptors (Lipinski definition) is 0. The molecule has 0 atom stereocenters. The standard InChI is InChI=1S/C18H22/c1-13(2)11-15(5)12-16(6)18-9-7-17(8-10-18)14(3)4/h7-12H,3,6H2,1-2,4-5H3/b15-12-. The molecule has 0 N–H and O–H groups in total. The molecular formula is C18H22. The molecule has 0 aliphatic carbocycles. The Morgan fingerprint density at radius 3 is 1.78 bits per heavy atom. The van der Waals surface area contributed by atoms with Gasteiger partial charge in [0.05, 0.1) is 0 Å². The molecule has 0 unspecified atom stereocenters. The van der Waals surface area contributed by atoms with Gasteiger partial charge >= 0.3 is 0 Å². The van der Waals surface area contributed by atoms with Crippen LogP contribution in [0.2, 0.25) is 0 Å². The van der Waals surface area contributed by atoms with Crippen molar-refractivity contribution in [1.82, 2.24) is 0 Å². The lowest BCUT2D eigenvalue weighted by Crippen LogP contribution is -1.83. The molecular weight excluding hydrogens is 216 g/mol. The van der Waals surface area contributed by atoms with Crippen molar-refractivity contribution in [2.24, 2.45) is 0 Å². The largest absolute Gasteiger partial charge is 0.0955 e. The lowest BCUT2D eigenvalue weighted by Gasteiger charge is -2.04. The summed E-state index contributed by atoms with van der Waals surface area (Å²) in [4.78, 5) is 0. The highest BCUT2D eigenvalue weighted by Gasteiger charge is 1.98. The lowest BCUT2D eigenvalue weighted by molar-refractivity contribution is 1.35. The smallest absolute Gasteiger partial charge is 0.0189 e. The number of rotatable bonds is 4. The molecule has 0 bridgehead atoms. The summed E-state index contributed by atoms with van der Waals surface area (Å²) in [5.41, 5.74) is 6.98. The van der Waals surface area contributed by atoms with E-state index in [1.807, 2.05) is 6.92 Å². The molecule has 0 fully saturated rings. The van der Waals surface area contributed by atoms with E-state index >= 15 is 0 Å². The third kappa shape index (κ3) is 4.21. The van der Waals surface area contributed by atoms with Crippen LogP contribution >= 0.6 is 0 Å². The SMILES string of the molecule is C=C(C)c1ccc(C(=C)/C=C(/C)C=C(C)C)cc1. The lowest BCUT2D eigenvalue weighted by atomic mass is 10.0. The molecule has 0 aromatic heterocycles. The van der Waals surface area contributed by atoms with E-state index in [2.05, 4.69) is 70.3 Å². The van der Waals surface area contributed by atoms with E-state index in [1.54, 1.807) is 0 Å². The van der Waals surface area contributed by atoms with Crippen molar-refractivity contribution in [3.8, 4) is 0 Å². The van der Waals surface area contributed by atoms with Crippen LogP contribution in [0.15, 0.2) is 60.7 Å². The third-order valence-electron chi connectivity index (χ3n) is 2.67. The number of hydrogen-bond donors (Lipinski definition) is 0. The van der Waals surface area contributed by atoms with E-state index in [-0.39, 0.29) is 0 Å². The van der Waals surface area contributed by atoms with Crippen molar-refractivity contribution in [2.75, 3.05) is 0 Å². The monoisotopic (exact) mass is 238 g/mol. The van der Waals surface area contributed by atoms with Crippen LogP contribution in [-0.2, 0) is 0 Å². The molecule has 0 saturated carbocycles. The van der Waals surface area contributed by atoms with Crippen LogP contribution in [0, 0.1) is 0 Å². The minimum atomic E-state index is 1.04. The van der Waals surface area contributed by atoms with Gasteiger partial charge in [-0.1, -0.05) is 66.3 Å². The highest BCUT2D eigenvalue weighted by molar-refractivity contribution is 5.74. The summed E-state index contributed by atoms with van der Waals surface area (Å²) >= 11 is 0. The third-order valence-corrected chi connectivity index (χ3v) is 2.67. The predicted molar refractivity (Wildman–Crippen MR) is 83.4 cm³/mol. The van der Waals surface area contributed by atoms with Crippen LogP contribution in [0.5, 0.6) is 0 Å². The van der Waals surface area contributed by atoms with Gasteiger partial charge in [-0.15, -0.1) is 0 Å². The zero-order chi connectivity index (χ0) is 13.7. The van der Waals surface area contributed by atoms with Crippen molar-refractivity contribution in [2.45, 2.75) is 27.7 Å². The molecule has 1 aromatic rings. The average Bonchev–Trinajstić information content (AvgIpc) is 2.27. The summed E-state index contributed by atoms with van der Waals surface area (Å²) in [6.45, 7) is 16.4. The molecule has 0 amide bonds. The molecule has 0 aliphatic heterocycles. The maximum Gasteiger partial charge on any atom is -0.0189 e. The van der Waals surface area contributed by atoms with Crippen LogP contribution in [0.4, 0.5) is 0 Å². The van der Waals surface area contributed by atoms with Crippen LogP contribution in [0.25, 0.3) is 11.1 Å². The van der Waals surface area contributed by atoms with Crippen molar-refractivity contribution < 1.29 is 0 Å². The van der Waals surface area contributed by atoms with E-state index in [1.165, 1.54) is 16.7 Å². The van der Waals surface area contributed by atoms with Gasteiger partial charge in [0.1, 0.15) is 0 Å². The molecule has 1 aromatic carbocycles. The van der Waals surface area contributed by atoms with Gasteiger partial charge in [-0.25, -0.2) is 0 Å². The van der Waals surface area contributed by atoms with E-state index in [9.17, 15) is 0 Å². The predicted octanol–water partition coefficient (Wildman–Crippen LogP) is 5.65. The highest BCUT2D eigenvalue weighted by Crippen LogP contribution is 2.19. The first-order valence-electron chi connectivity index (χ1n) is 6.18. The average molecular weight is 238 g/mol. The van der Waals surface area contributed by atoms with Crippen molar-refractivity contribution in [1.29, 1.82) is 0 Å². The van der Waals surface area contributed by atoms with Gasteiger partial charge in [-0.3, -0.25) is 0 Å². The maximum atomic E-state index is 4.12. The normalized spacial score (nSPS) is 11.0. The Morgan fingerprint density at radius 1 is 0.833 bits per heavy atom. The summed E-state index contributed by atoms with van der Waals surface area (Å²) in [5, 5.41) is 0. The number of allylic oxidation sites excluding steroid dienone is 6. The van der Waals surface area contributed by atoms with Gasteiger partial charge < -0.3 is 0 Å². The van der Waals surface area contributed by atoms with Crippen molar-refractivity contribution in [3.63, 3.8) is 0 Å². The molecule has 0 saturated heterocycles. The molecule has 0 aliphatic rings. The van der Waals surface area contributed by atoms with Gasteiger partial charge in [0.25, 0.3) is 0 Å². The Labute approximate surface area is 111 Å². The van der Waals surface area contributed by atoms with E-state index in [0.29, 0.717) is 0 Å². The minimum Gasteiger partial charge on any atom is -0.0955 e. The summed E-state index contributed by atoms with van der Waals surface area (Å²) < 4.78 is 0. The van der Waals surface area contributed by atoms with Crippen molar-refractivity contribution >= 4 is 11.1 Å². The highest BCUT2D eigenvalue weighted by atomic mass is 14.0. The second-order valence-corrected chi connectivity index (χ2v) is 4.99. The minimum absolute atomic E-state index is 1.04. The fourth-order valence-corrected chi connectivity index (χ4v) is 1.82. The topological polar surface area (TPSA) is 0 Å². The van der Waals surface area contributed by atoms with E-state index < -0.39 is 0 Å². The second-order valence-electron chi connectivity index (χ2n) is 4.99. The molecule has 1 rings (SSSR count). The van der Waals surface area contributed by atoms with Crippen LogP contribution in [0.3, 0.4) is 0 Å². The fourth-order valence-electron chi connectivity index (χ4n) is 1.82. The maximum absolute atomic E-state index is 4.12. The molecule has 0 heteroatoms. The van der Waals surface area contributed by atoms with Gasteiger partial charge in [-0.05, 0) is 44.4 Å². The zero-order valence-corrected chi connectivity index (χ0v) is 11.9. The molecule has 0 radical (unpaired) electrons. The first-order chi connectivity index (χ1) is 8.40. The van der Waals surface area contributed by atoms with Crippen LogP contribution in [-0.4, -0.2) is 0 Å². The summed E-state index contributed by atoms with van der Waals surface area (Å²) in [6.07, 6.45) is 4.27. The van der Waals surface area contributed by atoms with Crippen molar-refractivity contribution in [3.05, 3.63) is 71.8 Å². The quantitative estimate of drug-likeness (QED) is 0.595. The Balaban J connectivity index is 2.92. The summed E-state index contributed by atoms with van der Waals surface area (Å²) in [6, 6.07) is 8.37. The molecule has 0 spiro atoms. The first-order valence-corrected chi connectivity index (χ1v) is 6.18. The fraction of sp³-hybridized carbons (Fsp3) is 0.222. The Morgan fingerprint density at radius 2 is 1.33 bits per heavy atom. The molecule has 0 nitrogen and oxygen atoms in total. The first kappa shape index (κ1) is 14.2. The summed E-state index contributed by atoms with van der Waals surface area (Å²) in [5.74, 6) is 0. The van der Waals surface area contributed by atoms with Gasteiger partial charge in [0.15, 0.2) is 0 Å². The zero-order valence-electron chi connectivity index (χ0n) is 11.9. The Bertz CT molecular complexity index is 503. The molecule has 0 heterocycles. The Kier molecular flexibility index (Phi) is 4.91.